The largest absolute Gasteiger partial charge is 0.467 e. The summed E-state index contributed by atoms with van der Waals surface area (Å²) in [6.07, 6.45) is 5.18. The first kappa shape index (κ1) is 16.1. The van der Waals surface area contributed by atoms with Gasteiger partial charge in [0, 0.05) is 31.0 Å². The van der Waals surface area contributed by atoms with E-state index < -0.39 is 5.92 Å². The Morgan fingerprint density at radius 3 is 2.85 bits per heavy atom. The van der Waals surface area contributed by atoms with Crippen LogP contribution in [0.25, 0.3) is 5.69 Å². The number of furan rings is 1. The molecule has 2 aromatic heterocycles. The van der Waals surface area contributed by atoms with Crippen molar-refractivity contribution in [2.75, 3.05) is 11.9 Å². The standard InChI is InChI=1S/C19H18N4O3/c24-17-11-14(12-22(17)13-16-7-4-10-26-16)18(25)21-19-20-8-9-23(19)15-5-2-1-3-6-15/h1-10,14H,11-13H2,(H,20,21,25)/t14-/m0/s1. The molecule has 7 heteroatoms. The number of hydrogen-bond donors (Lipinski definition) is 1. The predicted molar refractivity (Wildman–Crippen MR) is 94.4 cm³/mol. The van der Waals surface area contributed by atoms with Crippen molar-refractivity contribution in [1.82, 2.24) is 14.5 Å². The molecule has 1 atom stereocenters. The zero-order chi connectivity index (χ0) is 17.9. The number of nitrogens with zero attached hydrogens (tertiary/aromatic N) is 3. The lowest BCUT2D eigenvalue weighted by Gasteiger charge is -2.15. The molecule has 0 unspecified atom stereocenters. The summed E-state index contributed by atoms with van der Waals surface area (Å²) in [5.74, 6) is 0.493. The van der Waals surface area contributed by atoms with E-state index in [1.54, 1.807) is 34.2 Å². The maximum atomic E-state index is 12.6. The van der Waals surface area contributed by atoms with Gasteiger partial charge in [0.15, 0.2) is 0 Å². The van der Waals surface area contributed by atoms with Crippen LogP contribution in [0.4, 0.5) is 5.95 Å². The molecule has 0 bridgehead atoms. The van der Waals surface area contributed by atoms with Gasteiger partial charge in [0.25, 0.3) is 0 Å². The van der Waals surface area contributed by atoms with Crippen LogP contribution in [-0.2, 0) is 16.1 Å². The minimum absolute atomic E-state index is 0.0482. The van der Waals surface area contributed by atoms with E-state index in [1.807, 2.05) is 36.4 Å². The number of benzene rings is 1. The van der Waals surface area contributed by atoms with Crippen LogP contribution in [0.2, 0.25) is 0 Å². The number of imidazole rings is 1. The van der Waals surface area contributed by atoms with Gasteiger partial charge in [0.05, 0.1) is 18.7 Å². The summed E-state index contributed by atoms with van der Waals surface area (Å²) in [7, 11) is 0. The molecule has 1 N–H and O–H groups in total. The molecule has 0 aliphatic carbocycles. The minimum atomic E-state index is -0.404. The van der Waals surface area contributed by atoms with Crippen LogP contribution in [0.3, 0.4) is 0 Å². The fourth-order valence-corrected chi connectivity index (χ4v) is 3.10. The SMILES string of the molecule is O=C(Nc1nccn1-c1ccccc1)[C@H]1CC(=O)N(Cc2ccco2)C1. The summed E-state index contributed by atoms with van der Waals surface area (Å²) in [4.78, 5) is 30.7. The summed E-state index contributed by atoms with van der Waals surface area (Å²) in [5.41, 5.74) is 0.905. The van der Waals surface area contributed by atoms with Gasteiger partial charge in [-0.2, -0.15) is 0 Å². The highest BCUT2D eigenvalue weighted by atomic mass is 16.3. The Labute approximate surface area is 150 Å². The van der Waals surface area contributed by atoms with Crippen LogP contribution in [0.5, 0.6) is 0 Å². The molecule has 4 rings (SSSR count). The first-order valence-corrected chi connectivity index (χ1v) is 8.40. The van der Waals surface area contributed by atoms with E-state index in [-0.39, 0.29) is 18.2 Å². The average Bonchev–Trinajstić information content (AvgIpc) is 3.39. The van der Waals surface area contributed by atoms with E-state index in [2.05, 4.69) is 10.3 Å². The van der Waals surface area contributed by atoms with Crippen molar-refractivity contribution in [3.63, 3.8) is 0 Å². The number of para-hydroxylation sites is 1. The number of likely N-dealkylation sites (tertiary alicyclic amines) is 1. The fraction of sp³-hybridized carbons (Fsp3) is 0.211. The normalized spacial score (nSPS) is 16.8. The van der Waals surface area contributed by atoms with Gasteiger partial charge in [-0.1, -0.05) is 18.2 Å². The number of hydrogen-bond acceptors (Lipinski definition) is 4. The lowest BCUT2D eigenvalue weighted by Crippen LogP contribution is -2.28. The molecule has 7 nitrogen and oxygen atoms in total. The lowest BCUT2D eigenvalue weighted by atomic mass is 10.1. The van der Waals surface area contributed by atoms with Crippen molar-refractivity contribution in [2.24, 2.45) is 5.92 Å². The first-order valence-electron chi connectivity index (χ1n) is 8.40. The number of rotatable bonds is 5. The Balaban J connectivity index is 1.43. The molecular weight excluding hydrogens is 332 g/mol. The quantitative estimate of drug-likeness (QED) is 0.766. The fourth-order valence-electron chi connectivity index (χ4n) is 3.10. The highest BCUT2D eigenvalue weighted by Gasteiger charge is 2.35. The molecule has 26 heavy (non-hydrogen) atoms. The van der Waals surface area contributed by atoms with Crippen molar-refractivity contribution in [3.05, 3.63) is 66.9 Å². The third kappa shape index (κ3) is 3.23. The topological polar surface area (TPSA) is 80.4 Å². The van der Waals surface area contributed by atoms with E-state index in [0.29, 0.717) is 24.8 Å². The number of aromatic nitrogens is 2. The Morgan fingerprint density at radius 2 is 2.08 bits per heavy atom. The van der Waals surface area contributed by atoms with Crippen LogP contribution >= 0.6 is 0 Å². The number of carbonyl (C=O) groups is 2. The molecule has 1 fully saturated rings. The van der Waals surface area contributed by atoms with Crippen LogP contribution < -0.4 is 5.32 Å². The van der Waals surface area contributed by atoms with Crippen molar-refractivity contribution >= 4 is 17.8 Å². The van der Waals surface area contributed by atoms with E-state index in [1.165, 1.54) is 0 Å². The molecule has 3 heterocycles. The summed E-state index contributed by atoms with van der Waals surface area (Å²) >= 11 is 0. The van der Waals surface area contributed by atoms with Gasteiger partial charge in [-0.25, -0.2) is 4.98 Å². The molecule has 0 saturated carbocycles. The van der Waals surface area contributed by atoms with E-state index >= 15 is 0 Å². The maximum Gasteiger partial charge on any atom is 0.232 e. The molecule has 1 aliphatic rings. The Bertz CT molecular complexity index is 902. The first-order chi connectivity index (χ1) is 12.7. The maximum absolute atomic E-state index is 12.6. The van der Waals surface area contributed by atoms with Crippen LogP contribution in [0.15, 0.2) is 65.5 Å². The van der Waals surface area contributed by atoms with Crippen LogP contribution in [0, 0.1) is 5.92 Å². The van der Waals surface area contributed by atoms with Crippen LogP contribution in [0.1, 0.15) is 12.2 Å². The van der Waals surface area contributed by atoms with E-state index in [4.69, 9.17) is 4.42 Å². The summed E-state index contributed by atoms with van der Waals surface area (Å²) in [6.45, 7) is 0.756. The number of carbonyl (C=O) groups excluding carboxylic acids is 2. The van der Waals surface area contributed by atoms with Crippen LogP contribution in [-0.4, -0.2) is 32.8 Å². The third-order valence-electron chi connectivity index (χ3n) is 4.42. The minimum Gasteiger partial charge on any atom is -0.467 e. The number of anilines is 1. The Morgan fingerprint density at radius 1 is 1.23 bits per heavy atom. The molecule has 132 valence electrons. The monoisotopic (exact) mass is 350 g/mol. The second-order valence-corrected chi connectivity index (χ2v) is 6.20. The highest BCUT2D eigenvalue weighted by Crippen LogP contribution is 2.22. The third-order valence-corrected chi connectivity index (χ3v) is 4.42. The number of amides is 2. The summed E-state index contributed by atoms with van der Waals surface area (Å²) in [6, 6.07) is 13.2. The average molecular weight is 350 g/mol. The van der Waals surface area contributed by atoms with E-state index in [9.17, 15) is 9.59 Å². The summed E-state index contributed by atoms with van der Waals surface area (Å²) < 4.78 is 7.08. The molecule has 0 spiro atoms. The van der Waals surface area contributed by atoms with Crippen molar-refractivity contribution in [3.8, 4) is 5.69 Å². The van der Waals surface area contributed by atoms with Crippen molar-refractivity contribution in [1.29, 1.82) is 0 Å². The molecule has 3 aromatic rings. The smallest absolute Gasteiger partial charge is 0.232 e. The molecule has 1 aromatic carbocycles. The van der Waals surface area contributed by atoms with Gasteiger partial charge in [-0.05, 0) is 24.3 Å². The molecule has 1 saturated heterocycles. The highest BCUT2D eigenvalue weighted by molar-refractivity contribution is 5.96. The lowest BCUT2D eigenvalue weighted by molar-refractivity contribution is -0.128. The molecule has 2 amide bonds. The molecule has 1 aliphatic heterocycles. The van der Waals surface area contributed by atoms with Gasteiger partial charge >= 0.3 is 0 Å². The molecule has 0 radical (unpaired) electrons. The second kappa shape index (κ2) is 6.87. The predicted octanol–water partition coefficient (Wildman–Crippen LogP) is 2.45. The zero-order valence-electron chi connectivity index (χ0n) is 14.0. The van der Waals surface area contributed by atoms with Gasteiger partial charge < -0.3 is 9.32 Å². The Hall–Kier alpha value is -3.35. The second-order valence-electron chi connectivity index (χ2n) is 6.20. The van der Waals surface area contributed by atoms with Gasteiger partial charge in [-0.3, -0.25) is 19.5 Å². The van der Waals surface area contributed by atoms with Gasteiger partial charge in [-0.15, -0.1) is 0 Å². The van der Waals surface area contributed by atoms with E-state index in [0.717, 1.165) is 5.69 Å². The van der Waals surface area contributed by atoms with Gasteiger partial charge in [0.2, 0.25) is 17.8 Å². The summed E-state index contributed by atoms with van der Waals surface area (Å²) in [5, 5.41) is 2.84. The van der Waals surface area contributed by atoms with Crippen molar-refractivity contribution in [2.45, 2.75) is 13.0 Å². The van der Waals surface area contributed by atoms with Crippen molar-refractivity contribution < 1.29 is 14.0 Å². The number of nitrogens with one attached hydrogen (secondary N) is 1. The Kier molecular flexibility index (Phi) is 4.27. The molecular formula is C19H18N4O3. The van der Waals surface area contributed by atoms with Gasteiger partial charge in [0.1, 0.15) is 5.76 Å². The zero-order valence-corrected chi connectivity index (χ0v) is 14.0.